The second-order valence-electron chi connectivity index (χ2n) is 3.18. The van der Waals surface area contributed by atoms with Gasteiger partial charge >= 0.3 is 0 Å². The largest absolute Gasteiger partial charge is 0.399 e. The predicted octanol–water partition coefficient (Wildman–Crippen LogP) is 1.40. The van der Waals surface area contributed by atoms with Crippen LogP contribution >= 0.6 is 0 Å². The maximum atomic E-state index is 11.1. The van der Waals surface area contributed by atoms with Crippen molar-refractivity contribution in [2.75, 3.05) is 12.0 Å². The topological polar surface area (TPSA) is 71.8 Å². The summed E-state index contributed by atoms with van der Waals surface area (Å²) in [5.41, 5.74) is 8.13. The Morgan fingerprint density at radius 1 is 1.33 bits per heavy atom. The molecule has 3 N–H and O–H groups in total. The van der Waals surface area contributed by atoms with Crippen molar-refractivity contribution in [1.82, 2.24) is 9.97 Å². The van der Waals surface area contributed by atoms with Gasteiger partial charge in [-0.25, -0.2) is 4.98 Å². The fraction of sp³-hybridized carbons (Fsp3) is 0.100. The van der Waals surface area contributed by atoms with Crippen LogP contribution in [-0.4, -0.2) is 20.4 Å². The summed E-state index contributed by atoms with van der Waals surface area (Å²) in [6, 6.07) is 7.42. The standard InChI is InChI=1S/C10H11N3OS/c1-15(14)10-12-6-9(13-10)7-2-4-8(11)5-3-7/h2-6H,11H2,1H3,(H,12,13). The van der Waals surface area contributed by atoms with Crippen LogP contribution in [0, 0.1) is 0 Å². The van der Waals surface area contributed by atoms with E-state index in [1.807, 2.05) is 24.3 Å². The monoisotopic (exact) mass is 221 g/mol. The Labute approximate surface area is 90.0 Å². The SMILES string of the molecule is CS(=O)c1ncc(-c2ccc(N)cc2)[nH]1. The summed E-state index contributed by atoms with van der Waals surface area (Å²) in [5.74, 6) is 0. The lowest BCUT2D eigenvalue weighted by Gasteiger charge is -1.97. The van der Waals surface area contributed by atoms with E-state index in [0.29, 0.717) is 5.16 Å². The van der Waals surface area contributed by atoms with Crippen molar-refractivity contribution in [1.29, 1.82) is 0 Å². The Morgan fingerprint density at radius 3 is 2.53 bits per heavy atom. The van der Waals surface area contributed by atoms with Crippen molar-refractivity contribution in [2.24, 2.45) is 0 Å². The second-order valence-corrected chi connectivity index (χ2v) is 4.47. The zero-order valence-electron chi connectivity index (χ0n) is 8.23. The molecule has 0 aliphatic rings. The fourth-order valence-corrected chi connectivity index (χ4v) is 1.71. The highest BCUT2D eigenvalue weighted by atomic mass is 32.2. The van der Waals surface area contributed by atoms with Gasteiger partial charge in [0.05, 0.1) is 22.7 Å². The number of imidazole rings is 1. The second kappa shape index (κ2) is 3.86. The van der Waals surface area contributed by atoms with Crippen LogP contribution in [0.15, 0.2) is 35.6 Å². The number of anilines is 1. The molecule has 0 radical (unpaired) electrons. The number of aromatic amines is 1. The molecule has 2 rings (SSSR count). The molecule has 1 aromatic heterocycles. The normalized spacial score (nSPS) is 12.6. The van der Waals surface area contributed by atoms with Crippen molar-refractivity contribution in [2.45, 2.75) is 5.16 Å². The van der Waals surface area contributed by atoms with E-state index in [4.69, 9.17) is 5.73 Å². The number of nitrogen functional groups attached to an aromatic ring is 1. The van der Waals surface area contributed by atoms with Gasteiger partial charge < -0.3 is 10.7 Å². The third kappa shape index (κ3) is 2.07. The summed E-state index contributed by atoms with van der Waals surface area (Å²) >= 11 is 0. The average Bonchev–Trinajstić information content (AvgIpc) is 2.68. The van der Waals surface area contributed by atoms with Gasteiger partial charge in [0.25, 0.3) is 0 Å². The third-order valence-electron chi connectivity index (χ3n) is 2.05. The van der Waals surface area contributed by atoms with Crippen LogP contribution in [0.1, 0.15) is 0 Å². The lowest BCUT2D eigenvalue weighted by atomic mass is 10.1. The molecule has 1 atom stereocenters. The van der Waals surface area contributed by atoms with Gasteiger partial charge in [-0.2, -0.15) is 0 Å². The van der Waals surface area contributed by atoms with Crippen LogP contribution < -0.4 is 5.73 Å². The first kappa shape index (κ1) is 9.92. The van der Waals surface area contributed by atoms with Gasteiger partial charge in [0.15, 0.2) is 5.16 Å². The maximum absolute atomic E-state index is 11.1. The first-order valence-corrected chi connectivity index (χ1v) is 5.97. The first-order valence-electron chi connectivity index (χ1n) is 4.41. The van der Waals surface area contributed by atoms with Crippen LogP contribution in [0.5, 0.6) is 0 Å². The molecule has 1 unspecified atom stereocenters. The summed E-state index contributed by atoms with van der Waals surface area (Å²) in [6.07, 6.45) is 3.26. The van der Waals surface area contributed by atoms with Crippen molar-refractivity contribution >= 4 is 16.5 Å². The summed E-state index contributed by atoms with van der Waals surface area (Å²) in [4.78, 5) is 7.02. The summed E-state index contributed by atoms with van der Waals surface area (Å²) in [7, 11) is -1.08. The molecule has 0 spiro atoms. The molecule has 5 heteroatoms. The van der Waals surface area contributed by atoms with Gasteiger partial charge in [0.2, 0.25) is 0 Å². The number of benzene rings is 1. The molecular formula is C10H11N3OS. The lowest BCUT2D eigenvalue weighted by Crippen LogP contribution is -1.89. The highest BCUT2D eigenvalue weighted by Crippen LogP contribution is 2.18. The van der Waals surface area contributed by atoms with Crippen molar-refractivity contribution in [3.63, 3.8) is 0 Å². The first-order chi connectivity index (χ1) is 7.16. The Kier molecular flexibility index (Phi) is 2.55. The van der Waals surface area contributed by atoms with Crippen LogP contribution in [0.25, 0.3) is 11.3 Å². The van der Waals surface area contributed by atoms with E-state index >= 15 is 0 Å². The lowest BCUT2D eigenvalue weighted by molar-refractivity contribution is 0.681. The molecule has 2 aromatic rings. The number of H-pyrrole nitrogens is 1. The van der Waals surface area contributed by atoms with Gasteiger partial charge in [-0.1, -0.05) is 12.1 Å². The number of nitrogens with two attached hydrogens (primary N) is 1. The Bertz CT molecular complexity index is 490. The predicted molar refractivity (Wildman–Crippen MR) is 60.8 cm³/mol. The Hall–Kier alpha value is -1.62. The molecule has 0 saturated heterocycles. The Balaban J connectivity index is 2.37. The minimum Gasteiger partial charge on any atom is -0.399 e. The minimum absolute atomic E-state index is 0.488. The molecule has 15 heavy (non-hydrogen) atoms. The quantitative estimate of drug-likeness (QED) is 0.753. The molecule has 0 aliphatic carbocycles. The Morgan fingerprint density at radius 2 is 2.00 bits per heavy atom. The van der Waals surface area contributed by atoms with E-state index < -0.39 is 10.8 Å². The summed E-state index contributed by atoms with van der Waals surface area (Å²) in [5, 5.41) is 0.488. The molecule has 0 fully saturated rings. The van der Waals surface area contributed by atoms with E-state index in [2.05, 4.69) is 9.97 Å². The van der Waals surface area contributed by atoms with E-state index in [-0.39, 0.29) is 0 Å². The van der Waals surface area contributed by atoms with Crippen LogP contribution in [0.4, 0.5) is 5.69 Å². The fourth-order valence-electron chi connectivity index (χ4n) is 1.26. The molecule has 1 aromatic carbocycles. The zero-order chi connectivity index (χ0) is 10.8. The molecule has 0 amide bonds. The van der Waals surface area contributed by atoms with E-state index in [9.17, 15) is 4.21 Å². The number of nitrogens with zero attached hydrogens (tertiary/aromatic N) is 1. The molecule has 0 aliphatic heterocycles. The number of hydrogen-bond acceptors (Lipinski definition) is 3. The van der Waals surface area contributed by atoms with E-state index in [0.717, 1.165) is 16.9 Å². The highest BCUT2D eigenvalue weighted by Gasteiger charge is 2.05. The maximum Gasteiger partial charge on any atom is 0.196 e. The van der Waals surface area contributed by atoms with Crippen LogP contribution in [0.2, 0.25) is 0 Å². The number of nitrogens with one attached hydrogen (secondary N) is 1. The average molecular weight is 221 g/mol. The number of rotatable bonds is 2. The van der Waals surface area contributed by atoms with Gasteiger partial charge in [-0.15, -0.1) is 0 Å². The molecular weight excluding hydrogens is 210 g/mol. The van der Waals surface area contributed by atoms with Crippen molar-refractivity contribution < 1.29 is 4.21 Å². The molecule has 0 saturated carbocycles. The molecule has 0 bridgehead atoms. The molecule has 1 heterocycles. The number of hydrogen-bond donors (Lipinski definition) is 2. The summed E-state index contributed by atoms with van der Waals surface area (Å²) in [6.45, 7) is 0. The smallest absolute Gasteiger partial charge is 0.196 e. The van der Waals surface area contributed by atoms with Crippen molar-refractivity contribution in [3.05, 3.63) is 30.5 Å². The van der Waals surface area contributed by atoms with E-state index in [1.165, 1.54) is 0 Å². The summed E-state index contributed by atoms with van der Waals surface area (Å²) < 4.78 is 11.1. The van der Waals surface area contributed by atoms with Gasteiger partial charge in [0.1, 0.15) is 0 Å². The molecule has 78 valence electrons. The number of aromatic nitrogens is 2. The van der Waals surface area contributed by atoms with Crippen LogP contribution in [-0.2, 0) is 10.8 Å². The van der Waals surface area contributed by atoms with Gasteiger partial charge in [0, 0.05) is 11.9 Å². The van der Waals surface area contributed by atoms with Gasteiger partial charge in [-0.05, 0) is 17.7 Å². The third-order valence-corrected chi connectivity index (χ3v) is 2.80. The van der Waals surface area contributed by atoms with Crippen LogP contribution in [0.3, 0.4) is 0 Å². The molecule has 4 nitrogen and oxygen atoms in total. The van der Waals surface area contributed by atoms with Crippen molar-refractivity contribution in [3.8, 4) is 11.3 Å². The highest BCUT2D eigenvalue weighted by molar-refractivity contribution is 7.84. The van der Waals surface area contributed by atoms with Gasteiger partial charge in [-0.3, -0.25) is 4.21 Å². The van der Waals surface area contributed by atoms with E-state index in [1.54, 1.807) is 12.5 Å². The minimum atomic E-state index is -1.08. The zero-order valence-corrected chi connectivity index (χ0v) is 9.04.